The Labute approximate surface area is 116 Å². The van der Waals surface area contributed by atoms with Crippen LogP contribution in [-0.4, -0.2) is 9.55 Å². The molecule has 3 nitrogen and oxygen atoms in total. The number of aromatic nitrogens is 2. The molecule has 2 aromatic rings. The van der Waals surface area contributed by atoms with Gasteiger partial charge >= 0.3 is 0 Å². The molecule has 0 radical (unpaired) electrons. The van der Waals surface area contributed by atoms with Crippen LogP contribution in [0, 0.1) is 0 Å². The highest BCUT2D eigenvalue weighted by Crippen LogP contribution is 2.23. The molecule has 0 N–H and O–H groups in total. The van der Waals surface area contributed by atoms with Gasteiger partial charge in [-0.1, -0.05) is 42.1 Å². The van der Waals surface area contributed by atoms with Crippen molar-refractivity contribution in [1.29, 1.82) is 0 Å². The molecule has 1 aliphatic carbocycles. The monoisotopic (exact) mass is 272 g/mol. The highest BCUT2D eigenvalue weighted by Gasteiger charge is 2.19. The van der Waals surface area contributed by atoms with Crippen molar-refractivity contribution < 1.29 is 0 Å². The van der Waals surface area contributed by atoms with Crippen LogP contribution in [-0.2, 0) is 25.6 Å². The molecule has 0 unspecified atom stereocenters. The second kappa shape index (κ2) is 5.21. The largest absolute Gasteiger partial charge is 0.291 e. The fourth-order valence-electron chi connectivity index (χ4n) is 2.41. The molecule has 0 atom stereocenters. The van der Waals surface area contributed by atoms with Crippen LogP contribution in [0.2, 0.25) is 0 Å². The Morgan fingerprint density at radius 2 is 2.05 bits per heavy atom. The lowest BCUT2D eigenvalue weighted by Gasteiger charge is -2.09. The number of rotatable bonds is 3. The van der Waals surface area contributed by atoms with Crippen LogP contribution in [0.1, 0.15) is 23.2 Å². The Hall–Kier alpha value is -1.55. The van der Waals surface area contributed by atoms with E-state index in [4.69, 9.17) is 0 Å². The summed E-state index contributed by atoms with van der Waals surface area (Å²) in [4.78, 5) is 16.9. The number of hydrogen-bond acceptors (Lipinski definition) is 3. The number of aryl methyl sites for hydroxylation is 1. The molecule has 0 saturated carbocycles. The molecular weight excluding hydrogens is 256 g/mol. The second-order valence-electron chi connectivity index (χ2n) is 4.81. The van der Waals surface area contributed by atoms with E-state index in [9.17, 15) is 4.79 Å². The maximum Gasteiger partial charge on any atom is 0.257 e. The fourth-order valence-corrected chi connectivity index (χ4v) is 3.35. The average Bonchev–Trinajstić information content (AvgIpc) is 2.91. The van der Waals surface area contributed by atoms with E-state index in [0.29, 0.717) is 0 Å². The summed E-state index contributed by atoms with van der Waals surface area (Å²) < 4.78 is 1.69. The molecule has 1 heterocycles. The molecule has 4 heteroatoms. The smallest absolute Gasteiger partial charge is 0.257 e. The second-order valence-corrected chi connectivity index (χ2v) is 5.75. The molecule has 0 bridgehead atoms. The zero-order valence-corrected chi connectivity index (χ0v) is 11.7. The maximum atomic E-state index is 12.2. The molecule has 19 heavy (non-hydrogen) atoms. The summed E-state index contributed by atoms with van der Waals surface area (Å²) in [6, 6.07) is 10.3. The van der Waals surface area contributed by atoms with Crippen LogP contribution >= 0.6 is 11.8 Å². The highest BCUT2D eigenvalue weighted by molar-refractivity contribution is 7.98. The van der Waals surface area contributed by atoms with Gasteiger partial charge in [0.2, 0.25) is 0 Å². The van der Waals surface area contributed by atoms with E-state index < -0.39 is 0 Å². The van der Waals surface area contributed by atoms with Gasteiger partial charge in [0.15, 0.2) is 5.16 Å². The molecule has 0 spiro atoms. The minimum atomic E-state index is 0.137. The lowest BCUT2D eigenvalue weighted by molar-refractivity contribution is 0.689. The van der Waals surface area contributed by atoms with Gasteiger partial charge in [-0.15, -0.1) is 0 Å². The van der Waals surface area contributed by atoms with Gasteiger partial charge in [0.1, 0.15) is 0 Å². The van der Waals surface area contributed by atoms with Gasteiger partial charge < -0.3 is 0 Å². The lowest BCUT2D eigenvalue weighted by Crippen LogP contribution is -2.24. The molecule has 0 amide bonds. The van der Waals surface area contributed by atoms with E-state index in [2.05, 4.69) is 17.1 Å². The van der Waals surface area contributed by atoms with Crippen LogP contribution in [0.3, 0.4) is 0 Å². The Morgan fingerprint density at radius 1 is 1.26 bits per heavy atom. The van der Waals surface area contributed by atoms with E-state index in [0.717, 1.165) is 41.4 Å². The summed E-state index contributed by atoms with van der Waals surface area (Å²) in [6.07, 6.45) is 2.90. The summed E-state index contributed by atoms with van der Waals surface area (Å²) in [5.41, 5.74) is 3.32. The van der Waals surface area contributed by atoms with Crippen molar-refractivity contribution in [2.24, 2.45) is 7.05 Å². The van der Waals surface area contributed by atoms with E-state index in [1.807, 2.05) is 25.2 Å². The zero-order chi connectivity index (χ0) is 13.2. The van der Waals surface area contributed by atoms with Gasteiger partial charge in [0, 0.05) is 18.4 Å². The molecular formula is C15H16N2OS. The molecule has 1 aromatic carbocycles. The summed E-state index contributed by atoms with van der Waals surface area (Å²) in [5.74, 6) is 0.847. The number of benzene rings is 1. The summed E-state index contributed by atoms with van der Waals surface area (Å²) >= 11 is 1.63. The SMILES string of the molecule is Cn1c(SCc2ccccc2)nc2c(c1=O)CCC2. The first kappa shape index (κ1) is 12.5. The van der Waals surface area contributed by atoms with Crippen molar-refractivity contribution in [3.63, 3.8) is 0 Å². The highest BCUT2D eigenvalue weighted by atomic mass is 32.2. The Morgan fingerprint density at radius 3 is 2.84 bits per heavy atom. The van der Waals surface area contributed by atoms with E-state index in [1.165, 1.54) is 5.56 Å². The van der Waals surface area contributed by atoms with Gasteiger partial charge in [-0.2, -0.15) is 0 Å². The van der Waals surface area contributed by atoms with Crippen LogP contribution in [0.25, 0.3) is 0 Å². The predicted molar refractivity (Wildman–Crippen MR) is 77.5 cm³/mol. The van der Waals surface area contributed by atoms with Crippen molar-refractivity contribution in [1.82, 2.24) is 9.55 Å². The summed E-state index contributed by atoms with van der Waals surface area (Å²) in [6.45, 7) is 0. The van der Waals surface area contributed by atoms with Gasteiger partial charge in [-0.3, -0.25) is 9.36 Å². The van der Waals surface area contributed by atoms with Crippen LogP contribution in [0.5, 0.6) is 0 Å². The minimum absolute atomic E-state index is 0.137. The first-order valence-electron chi connectivity index (χ1n) is 6.51. The first-order valence-corrected chi connectivity index (χ1v) is 7.50. The number of fused-ring (bicyclic) bond motifs is 1. The Balaban J connectivity index is 1.86. The van der Waals surface area contributed by atoms with Gasteiger partial charge in [0.05, 0.1) is 5.69 Å². The molecule has 0 aliphatic heterocycles. The molecule has 0 fully saturated rings. The van der Waals surface area contributed by atoms with Gasteiger partial charge in [-0.05, 0) is 24.8 Å². The lowest BCUT2D eigenvalue weighted by atomic mass is 10.2. The average molecular weight is 272 g/mol. The van der Waals surface area contributed by atoms with Crippen molar-refractivity contribution in [3.05, 3.63) is 57.5 Å². The maximum absolute atomic E-state index is 12.2. The van der Waals surface area contributed by atoms with Crippen LogP contribution in [0.15, 0.2) is 40.3 Å². The number of nitrogens with zero attached hydrogens (tertiary/aromatic N) is 2. The van der Waals surface area contributed by atoms with E-state index in [-0.39, 0.29) is 5.56 Å². The van der Waals surface area contributed by atoms with Crippen molar-refractivity contribution in [2.45, 2.75) is 30.2 Å². The van der Waals surface area contributed by atoms with Crippen molar-refractivity contribution in [3.8, 4) is 0 Å². The molecule has 98 valence electrons. The van der Waals surface area contributed by atoms with Crippen molar-refractivity contribution in [2.75, 3.05) is 0 Å². The Kier molecular flexibility index (Phi) is 3.42. The molecule has 3 rings (SSSR count). The minimum Gasteiger partial charge on any atom is -0.291 e. The summed E-state index contributed by atoms with van der Waals surface area (Å²) in [7, 11) is 1.82. The third kappa shape index (κ3) is 2.45. The fraction of sp³-hybridized carbons (Fsp3) is 0.333. The topological polar surface area (TPSA) is 34.9 Å². The third-order valence-corrected chi connectivity index (χ3v) is 4.58. The molecule has 1 aromatic heterocycles. The number of thioether (sulfide) groups is 1. The zero-order valence-electron chi connectivity index (χ0n) is 10.9. The van der Waals surface area contributed by atoms with Crippen LogP contribution < -0.4 is 5.56 Å². The van der Waals surface area contributed by atoms with E-state index >= 15 is 0 Å². The van der Waals surface area contributed by atoms with E-state index in [1.54, 1.807) is 16.3 Å². The standard InChI is InChI=1S/C15H16N2OS/c1-17-14(18)12-8-5-9-13(12)16-15(17)19-10-11-6-3-2-4-7-11/h2-4,6-7H,5,8-10H2,1H3. The molecule has 1 aliphatic rings. The quantitative estimate of drug-likeness (QED) is 0.636. The predicted octanol–water partition coefficient (Wildman–Crippen LogP) is 2.56. The normalized spacial score (nSPS) is 13.5. The van der Waals surface area contributed by atoms with Crippen LogP contribution in [0.4, 0.5) is 0 Å². The molecule has 0 saturated heterocycles. The van der Waals surface area contributed by atoms with Gasteiger partial charge in [0.25, 0.3) is 5.56 Å². The third-order valence-electron chi connectivity index (χ3n) is 3.48. The first-order chi connectivity index (χ1) is 9.25. The van der Waals surface area contributed by atoms with Crippen molar-refractivity contribution >= 4 is 11.8 Å². The Bertz CT molecular complexity index is 649. The number of hydrogen-bond donors (Lipinski definition) is 0. The summed E-state index contributed by atoms with van der Waals surface area (Å²) in [5, 5.41) is 0.828. The van der Waals surface area contributed by atoms with Gasteiger partial charge in [-0.25, -0.2) is 4.98 Å².